The van der Waals surface area contributed by atoms with Crippen molar-refractivity contribution in [3.05, 3.63) is 21.8 Å². The molecule has 2 aromatic heterocycles. The minimum absolute atomic E-state index is 0.0179. The van der Waals surface area contributed by atoms with E-state index in [0.717, 1.165) is 5.52 Å². The molecule has 0 saturated heterocycles. The topological polar surface area (TPSA) is 44.1 Å². The molecule has 14 heavy (non-hydrogen) atoms. The molecule has 0 bridgehead atoms. The summed E-state index contributed by atoms with van der Waals surface area (Å²) in [5.74, 6) is 0. The second kappa shape index (κ2) is 2.57. The summed E-state index contributed by atoms with van der Waals surface area (Å²) in [6.07, 6.45) is 0.0479. The van der Waals surface area contributed by atoms with E-state index in [2.05, 4.69) is 4.98 Å². The Labute approximate surface area is 83.8 Å². The number of hydrogen-bond donors (Lipinski definition) is 0. The first kappa shape index (κ1) is 7.99. The first-order valence-electron chi connectivity index (χ1n) is 4.40. The molecule has 4 nitrogen and oxygen atoms in total. The van der Waals surface area contributed by atoms with Crippen LogP contribution < -0.4 is 10.3 Å². The molecule has 3 rings (SSSR count). The van der Waals surface area contributed by atoms with Gasteiger partial charge in [0.25, 0.3) is 11.6 Å². The Morgan fingerprint density at radius 2 is 2.57 bits per heavy atom. The lowest BCUT2D eigenvalue weighted by atomic mass is 10.4. The van der Waals surface area contributed by atoms with Crippen LogP contribution >= 0.6 is 11.3 Å². The van der Waals surface area contributed by atoms with Crippen LogP contribution in [0.1, 0.15) is 6.92 Å². The van der Waals surface area contributed by atoms with E-state index in [1.54, 1.807) is 4.57 Å². The van der Waals surface area contributed by atoms with Crippen LogP contribution in [0, 0.1) is 0 Å². The monoisotopic (exact) mass is 208 g/mol. The van der Waals surface area contributed by atoms with Gasteiger partial charge in [-0.15, -0.1) is 11.3 Å². The van der Waals surface area contributed by atoms with Gasteiger partial charge in [0.05, 0.1) is 12.1 Å². The molecule has 2 aromatic rings. The number of ether oxygens (including phenoxy) is 1. The molecule has 0 spiro atoms. The van der Waals surface area contributed by atoms with Gasteiger partial charge >= 0.3 is 0 Å². The third-order valence-corrected chi connectivity index (χ3v) is 3.17. The number of rotatable bonds is 0. The third kappa shape index (κ3) is 0.928. The van der Waals surface area contributed by atoms with Crippen LogP contribution in [0.2, 0.25) is 0 Å². The SMILES string of the molecule is CC1Cn2c(nc3ccsc3c2=O)O1. The lowest BCUT2D eigenvalue weighted by Crippen LogP contribution is -2.18. The van der Waals surface area contributed by atoms with E-state index < -0.39 is 0 Å². The van der Waals surface area contributed by atoms with Crippen molar-refractivity contribution < 1.29 is 4.74 Å². The molecule has 0 amide bonds. The number of hydrogen-bond acceptors (Lipinski definition) is 4. The van der Waals surface area contributed by atoms with Gasteiger partial charge in [0.2, 0.25) is 0 Å². The fourth-order valence-corrected chi connectivity index (χ4v) is 2.43. The fraction of sp³-hybridized carbons (Fsp3) is 0.333. The van der Waals surface area contributed by atoms with Crippen molar-refractivity contribution in [2.24, 2.45) is 0 Å². The smallest absolute Gasteiger partial charge is 0.300 e. The average Bonchev–Trinajstić information content (AvgIpc) is 2.71. The van der Waals surface area contributed by atoms with Crippen LogP contribution in [-0.2, 0) is 6.54 Å². The normalized spacial score (nSPS) is 19.6. The van der Waals surface area contributed by atoms with Crippen molar-refractivity contribution in [3.8, 4) is 6.01 Å². The summed E-state index contributed by atoms with van der Waals surface area (Å²) in [4.78, 5) is 16.2. The van der Waals surface area contributed by atoms with Gasteiger partial charge in [0.15, 0.2) is 0 Å². The highest BCUT2D eigenvalue weighted by molar-refractivity contribution is 7.17. The fourth-order valence-electron chi connectivity index (χ4n) is 1.65. The van der Waals surface area contributed by atoms with Gasteiger partial charge in [0, 0.05) is 0 Å². The summed E-state index contributed by atoms with van der Waals surface area (Å²) in [5, 5.41) is 1.87. The summed E-state index contributed by atoms with van der Waals surface area (Å²) in [6.45, 7) is 2.54. The molecule has 0 N–H and O–H groups in total. The molecule has 0 saturated carbocycles. The van der Waals surface area contributed by atoms with E-state index in [4.69, 9.17) is 4.74 Å². The molecule has 0 aliphatic carbocycles. The van der Waals surface area contributed by atoms with Gasteiger partial charge in [-0.25, -0.2) is 0 Å². The Bertz CT molecular complexity index is 557. The largest absolute Gasteiger partial charge is 0.460 e. The Kier molecular flexibility index (Phi) is 1.47. The molecule has 1 unspecified atom stereocenters. The van der Waals surface area contributed by atoms with E-state index in [9.17, 15) is 4.79 Å². The van der Waals surface area contributed by atoms with Crippen molar-refractivity contribution >= 4 is 21.6 Å². The molecule has 1 atom stereocenters. The highest BCUT2D eigenvalue weighted by Crippen LogP contribution is 2.22. The van der Waals surface area contributed by atoms with Crippen molar-refractivity contribution in [1.82, 2.24) is 9.55 Å². The molecule has 1 aliphatic heterocycles. The zero-order valence-corrected chi connectivity index (χ0v) is 8.37. The predicted octanol–water partition coefficient (Wildman–Crippen LogP) is 1.24. The van der Waals surface area contributed by atoms with Gasteiger partial charge in [-0.05, 0) is 18.4 Å². The van der Waals surface area contributed by atoms with Gasteiger partial charge in [-0.2, -0.15) is 4.98 Å². The molecule has 0 fully saturated rings. The Balaban J connectivity index is 2.41. The molecule has 1 aliphatic rings. The average molecular weight is 208 g/mol. The second-order valence-corrected chi connectivity index (χ2v) is 4.29. The summed E-state index contributed by atoms with van der Waals surface area (Å²) in [5.41, 5.74) is 0.754. The summed E-state index contributed by atoms with van der Waals surface area (Å²) < 4.78 is 7.74. The van der Waals surface area contributed by atoms with Crippen molar-refractivity contribution in [2.45, 2.75) is 19.6 Å². The minimum atomic E-state index is 0.0179. The van der Waals surface area contributed by atoms with Crippen LogP contribution in [0.5, 0.6) is 6.01 Å². The Morgan fingerprint density at radius 1 is 1.71 bits per heavy atom. The van der Waals surface area contributed by atoms with Crippen LogP contribution in [-0.4, -0.2) is 15.7 Å². The van der Waals surface area contributed by atoms with Gasteiger partial charge in [0.1, 0.15) is 10.8 Å². The van der Waals surface area contributed by atoms with Crippen molar-refractivity contribution in [2.75, 3.05) is 0 Å². The molecule has 5 heteroatoms. The third-order valence-electron chi connectivity index (χ3n) is 2.28. The van der Waals surface area contributed by atoms with E-state index in [1.165, 1.54) is 11.3 Å². The standard InChI is InChI=1S/C9H8N2O2S/c1-5-4-11-8(12)7-6(2-3-14-7)10-9(11)13-5/h2-3,5H,4H2,1H3. The zero-order chi connectivity index (χ0) is 9.71. The maximum absolute atomic E-state index is 11.9. The molecule has 0 aromatic carbocycles. The van der Waals surface area contributed by atoms with Crippen LogP contribution in [0.15, 0.2) is 16.2 Å². The molecule has 0 radical (unpaired) electrons. The number of aromatic nitrogens is 2. The summed E-state index contributed by atoms with van der Waals surface area (Å²) in [7, 11) is 0. The summed E-state index contributed by atoms with van der Waals surface area (Å²) >= 11 is 1.43. The highest BCUT2D eigenvalue weighted by Gasteiger charge is 2.22. The van der Waals surface area contributed by atoms with E-state index in [1.807, 2.05) is 18.4 Å². The van der Waals surface area contributed by atoms with Crippen molar-refractivity contribution in [1.29, 1.82) is 0 Å². The Morgan fingerprint density at radius 3 is 3.43 bits per heavy atom. The first-order valence-corrected chi connectivity index (χ1v) is 5.28. The van der Waals surface area contributed by atoms with Gasteiger partial charge in [-0.3, -0.25) is 9.36 Å². The van der Waals surface area contributed by atoms with Gasteiger partial charge in [-0.1, -0.05) is 0 Å². The number of fused-ring (bicyclic) bond motifs is 2. The lowest BCUT2D eigenvalue weighted by molar-refractivity contribution is 0.246. The van der Waals surface area contributed by atoms with E-state index in [-0.39, 0.29) is 11.7 Å². The predicted molar refractivity (Wildman–Crippen MR) is 54.0 cm³/mol. The second-order valence-electron chi connectivity index (χ2n) is 3.37. The molecular formula is C9H8N2O2S. The van der Waals surface area contributed by atoms with Crippen LogP contribution in [0.3, 0.4) is 0 Å². The van der Waals surface area contributed by atoms with Crippen molar-refractivity contribution in [3.63, 3.8) is 0 Å². The van der Waals surface area contributed by atoms with E-state index >= 15 is 0 Å². The Hall–Kier alpha value is -1.36. The number of nitrogens with zero attached hydrogens (tertiary/aromatic N) is 2. The molecular weight excluding hydrogens is 200 g/mol. The minimum Gasteiger partial charge on any atom is -0.460 e. The first-order chi connectivity index (χ1) is 6.75. The molecule has 3 heterocycles. The van der Waals surface area contributed by atoms with Crippen LogP contribution in [0.4, 0.5) is 0 Å². The maximum Gasteiger partial charge on any atom is 0.300 e. The quantitative estimate of drug-likeness (QED) is 0.654. The maximum atomic E-state index is 11.9. The van der Waals surface area contributed by atoms with Crippen LogP contribution in [0.25, 0.3) is 10.2 Å². The van der Waals surface area contributed by atoms with E-state index in [0.29, 0.717) is 17.3 Å². The zero-order valence-electron chi connectivity index (χ0n) is 7.56. The highest BCUT2D eigenvalue weighted by atomic mass is 32.1. The lowest BCUT2D eigenvalue weighted by Gasteiger charge is -1.98. The summed E-state index contributed by atoms with van der Waals surface area (Å²) in [6, 6.07) is 2.29. The molecule has 72 valence electrons. The number of thiophene rings is 1. The van der Waals surface area contributed by atoms with Gasteiger partial charge < -0.3 is 4.74 Å².